The van der Waals surface area contributed by atoms with Crippen LogP contribution >= 0.6 is 11.3 Å². The number of nitrogens with zero attached hydrogens (tertiary/aromatic N) is 5. The number of allylic oxidation sites excluding steroid dienone is 3. The minimum absolute atomic E-state index is 0.000755. The Morgan fingerprint density at radius 2 is 1.69 bits per heavy atom. The smallest absolute Gasteiger partial charge is 0.251 e. The van der Waals surface area contributed by atoms with Crippen LogP contribution in [0.4, 0.5) is 5.69 Å². The predicted molar refractivity (Wildman–Crippen MR) is 309 cm³/mol. The molecule has 0 radical (unpaired) electrons. The number of aryl methyl sites for hydroxylation is 1. The number of unbranched alkanes of at least 4 members (excludes halogenated alkanes) is 2. The molecule has 4 amide bonds. The Balaban J connectivity index is 0.677. The molecule has 0 bridgehead atoms. The van der Waals surface area contributed by atoms with Crippen LogP contribution in [0.5, 0.6) is 5.75 Å². The summed E-state index contributed by atoms with van der Waals surface area (Å²) >= 11 is 1.60. The van der Waals surface area contributed by atoms with Gasteiger partial charge in [0.1, 0.15) is 24.4 Å². The molecule has 8 rings (SSSR count). The number of aromatic amines is 1. The number of hydrogen-bond donors (Lipinski definition) is 7. The highest BCUT2D eigenvalue weighted by molar-refractivity contribution is 7.11. The van der Waals surface area contributed by atoms with Gasteiger partial charge in [-0.05, 0) is 131 Å². The van der Waals surface area contributed by atoms with Crippen molar-refractivity contribution in [2.45, 2.75) is 123 Å². The quantitative estimate of drug-likeness (QED) is 0.0266. The summed E-state index contributed by atoms with van der Waals surface area (Å²) in [4.78, 5) is 70.2. The maximum absolute atomic E-state index is 14.1. The lowest BCUT2D eigenvalue weighted by atomic mass is 9.81. The fraction of sp³-hybridized carbons (Fsp3) is 0.500. The highest BCUT2D eigenvalue weighted by atomic mass is 32.1. The van der Waals surface area contributed by atoms with Gasteiger partial charge >= 0.3 is 0 Å². The number of aromatic nitrogens is 5. The molecule has 3 aliphatic rings. The van der Waals surface area contributed by atoms with Crippen molar-refractivity contribution in [1.29, 1.82) is 0 Å². The van der Waals surface area contributed by atoms with Crippen molar-refractivity contribution in [3.8, 4) is 17.1 Å². The summed E-state index contributed by atoms with van der Waals surface area (Å²) < 4.78 is 17.5. The van der Waals surface area contributed by atoms with Crippen molar-refractivity contribution in [3.63, 3.8) is 0 Å². The van der Waals surface area contributed by atoms with Gasteiger partial charge in [0.25, 0.3) is 5.91 Å². The first-order chi connectivity index (χ1) is 38.5. The van der Waals surface area contributed by atoms with Crippen LogP contribution in [0.3, 0.4) is 0 Å². The van der Waals surface area contributed by atoms with Gasteiger partial charge in [-0.1, -0.05) is 64.1 Å². The molecule has 2 fully saturated rings. The second-order valence-corrected chi connectivity index (χ2v) is 23.4. The van der Waals surface area contributed by atoms with Crippen molar-refractivity contribution in [2.24, 2.45) is 10.8 Å². The number of anilines is 1. The topological polar surface area (TPSA) is 247 Å². The Morgan fingerprint density at radius 3 is 2.41 bits per heavy atom. The van der Waals surface area contributed by atoms with Crippen molar-refractivity contribution >= 4 is 46.2 Å². The lowest BCUT2D eigenvalue weighted by Gasteiger charge is -2.37. The molecule has 7 N–H and O–H groups in total. The fourth-order valence-corrected chi connectivity index (χ4v) is 11.0. The number of carbonyl (C=O) groups excluding carboxylic acids is 4. The van der Waals surface area contributed by atoms with E-state index < -0.39 is 41.0 Å². The molecule has 5 atom stereocenters. The standard InChI is InChI=1S/C60H79N11O8S/c1-40(65-54(74)45-12-10-13-46(34-45)68-60(24-28-62-29-25-60)57-67-53(69-70-57)44-20-26-61-27-21-44)42-14-16-48(17-15-42)79-33-9-7-8-30-77-31-11-32-78-37-50(73)66-52(58(3,4)5)56(76)71-36-47(72)35-49(71)55(75)63-38-59(6)22-18-43(19-23-59)51-41(2)64-39-80-51/h10,12-22,26-27,34,39-40,47,49,52,62,68,72H,7-9,11,23-25,28-33,35-38H2,1-6H3,(H,63,75)(H,65,74)(H,66,73)(H,67,69,70)/t40-,47-,49+,52-,59?/m1/s1. The summed E-state index contributed by atoms with van der Waals surface area (Å²) in [6.07, 6.45) is 14.6. The molecule has 3 aromatic heterocycles. The number of nitrogens with one attached hydrogen (secondary N) is 6. The fourth-order valence-electron chi connectivity index (χ4n) is 10.2. The number of amides is 4. The Hall–Kier alpha value is -6.84. The molecule has 428 valence electrons. The molecule has 0 saturated carbocycles. The second-order valence-electron chi connectivity index (χ2n) is 22.6. The first-order valence-electron chi connectivity index (χ1n) is 28.0. The number of likely N-dealkylation sites (tertiary alicyclic amines) is 1. The third-order valence-electron chi connectivity index (χ3n) is 15.0. The third kappa shape index (κ3) is 16.0. The molecule has 80 heavy (non-hydrogen) atoms. The first-order valence-corrected chi connectivity index (χ1v) is 28.8. The molecule has 2 aromatic carbocycles. The Labute approximate surface area is 473 Å². The summed E-state index contributed by atoms with van der Waals surface area (Å²) in [5.41, 5.74) is 5.67. The minimum Gasteiger partial charge on any atom is -0.494 e. The van der Waals surface area contributed by atoms with Crippen LogP contribution in [0.2, 0.25) is 0 Å². The molecule has 1 unspecified atom stereocenters. The summed E-state index contributed by atoms with van der Waals surface area (Å²) in [5, 5.41) is 34.5. The molecule has 1 aliphatic carbocycles. The molecule has 19 nitrogen and oxygen atoms in total. The van der Waals surface area contributed by atoms with Gasteiger partial charge in [-0.25, -0.2) is 9.97 Å². The number of benzene rings is 2. The zero-order valence-electron chi connectivity index (χ0n) is 47.0. The maximum atomic E-state index is 14.1. The number of piperidine rings is 1. The number of carbonyl (C=O) groups is 4. The number of aliphatic hydroxyl groups excluding tert-OH is 1. The van der Waals surface area contributed by atoms with Crippen molar-refractivity contribution in [1.82, 2.24) is 51.3 Å². The Kier molecular flexibility index (Phi) is 20.4. The van der Waals surface area contributed by atoms with Gasteiger partial charge in [-0.15, -0.1) is 11.3 Å². The maximum Gasteiger partial charge on any atom is 0.251 e. The van der Waals surface area contributed by atoms with Crippen molar-refractivity contribution in [3.05, 3.63) is 124 Å². The summed E-state index contributed by atoms with van der Waals surface area (Å²) in [7, 11) is 0. The lowest BCUT2D eigenvalue weighted by molar-refractivity contribution is -0.144. The molecule has 5 aromatic rings. The summed E-state index contributed by atoms with van der Waals surface area (Å²) in [6.45, 7) is 15.3. The van der Waals surface area contributed by atoms with E-state index >= 15 is 0 Å². The van der Waals surface area contributed by atoms with Crippen LogP contribution in [0.15, 0.2) is 96.8 Å². The number of thiazole rings is 1. The SMILES string of the molecule is Cc1ncsc1C1=CCC(C)(CNC(=O)[C@@H]2C[C@@H](O)CN2C(=O)[C@@H](NC(=O)COCCCOCCCCCOc2ccc([C@@H](C)NC(=O)c3cccc(NC4(c5nc(-c6ccncc6)n[nH]5)CCNCC4)c3)cc2)C(C)(C)C)C=C1. The van der Waals surface area contributed by atoms with Crippen LogP contribution in [-0.2, 0) is 29.4 Å². The lowest BCUT2D eigenvalue weighted by Crippen LogP contribution is -2.58. The van der Waals surface area contributed by atoms with Crippen LogP contribution < -0.4 is 31.3 Å². The van der Waals surface area contributed by atoms with Gasteiger partial charge in [0.15, 0.2) is 11.6 Å². The van der Waals surface area contributed by atoms with E-state index in [2.05, 4.69) is 71.9 Å². The van der Waals surface area contributed by atoms with E-state index in [9.17, 15) is 24.3 Å². The van der Waals surface area contributed by atoms with Gasteiger partial charge in [0, 0.05) is 74.0 Å². The number of pyridine rings is 1. The first kappa shape index (κ1) is 59.3. The van der Waals surface area contributed by atoms with E-state index in [0.29, 0.717) is 50.8 Å². The number of aliphatic hydroxyl groups is 1. The normalized spacial score (nSPS) is 19.6. The predicted octanol–water partition coefficient (Wildman–Crippen LogP) is 7.44. The Morgan fingerprint density at radius 1 is 0.938 bits per heavy atom. The van der Waals surface area contributed by atoms with Gasteiger partial charge in [0.05, 0.1) is 40.4 Å². The largest absolute Gasteiger partial charge is 0.494 e. The third-order valence-corrected chi connectivity index (χ3v) is 16.0. The van der Waals surface area contributed by atoms with E-state index in [1.807, 2.05) is 101 Å². The summed E-state index contributed by atoms with van der Waals surface area (Å²) in [6, 6.07) is 17.1. The monoisotopic (exact) mass is 1110 g/mol. The molecule has 5 heterocycles. The average molecular weight is 1110 g/mol. The van der Waals surface area contributed by atoms with Crippen molar-refractivity contribution < 1.29 is 38.5 Å². The average Bonchev–Trinajstić information content (AvgIpc) is 4.23. The minimum atomic E-state index is -0.943. The Bertz CT molecular complexity index is 2920. The van der Waals surface area contributed by atoms with Gasteiger partial charge in [-0.2, -0.15) is 5.10 Å². The highest BCUT2D eigenvalue weighted by Gasteiger charge is 2.45. The number of hydrogen-bond acceptors (Lipinski definition) is 15. The van der Waals surface area contributed by atoms with Crippen LogP contribution in [0.25, 0.3) is 17.0 Å². The molecule has 0 spiro atoms. The van der Waals surface area contributed by atoms with Gasteiger partial charge < -0.3 is 50.8 Å². The highest BCUT2D eigenvalue weighted by Crippen LogP contribution is 2.36. The molecule has 2 saturated heterocycles. The molecular weight excluding hydrogens is 1030 g/mol. The van der Waals surface area contributed by atoms with E-state index in [0.717, 1.165) is 96.1 Å². The van der Waals surface area contributed by atoms with E-state index in [4.69, 9.17) is 19.2 Å². The van der Waals surface area contributed by atoms with Crippen LogP contribution in [0, 0.1) is 17.8 Å². The molecule has 2 aliphatic heterocycles. The second kappa shape index (κ2) is 27.6. The molecular formula is C60H79N11O8S. The van der Waals surface area contributed by atoms with Gasteiger partial charge in [0.2, 0.25) is 17.7 Å². The number of H-pyrrole nitrogens is 1. The number of β-amino-alcohol motifs (C(OH)–C–C–N with tert-alkyl or cyclic N) is 1. The summed E-state index contributed by atoms with van der Waals surface area (Å²) in [5.74, 6) is 0.764. The zero-order chi connectivity index (χ0) is 56.7. The van der Waals surface area contributed by atoms with E-state index in [-0.39, 0.29) is 42.8 Å². The number of ether oxygens (including phenoxy) is 3. The van der Waals surface area contributed by atoms with Gasteiger partial charge in [-0.3, -0.25) is 29.3 Å². The van der Waals surface area contributed by atoms with E-state index in [1.54, 1.807) is 23.7 Å². The van der Waals surface area contributed by atoms with Crippen molar-refractivity contribution in [2.75, 3.05) is 64.5 Å². The molecule has 20 heteroatoms. The van der Waals surface area contributed by atoms with Crippen LogP contribution in [-0.4, -0.2) is 136 Å². The number of rotatable bonds is 26. The zero-order valence-corrected chi connectivity index (χ0v) is 47.8. The van der Waals surface area contributed by atoms with Crippen LogP contribution in [0.1, 0.15) is 124 Å². The van der Waals surface area contributed by atoms with E-state index in [1.165, 1.54) is 4.90 Å².